The zero-order valence-electron chi connectivity index (χ0n) is 10.0. The van der Waals surface area contributed by atoms with Gasteiger partial charge in [0.1, 0.15) is 11.4 Å². The van der Waals surface area contributed by atoms with Gasteiger partial charge in [-0.2, -0.15) is 4.99 Å². The lowest BCUT2D eigenvalue weighted by molar-refractivity contribution is 0.173. The molecule has 1 aromatic carbocycles. The van der Waals surface area contributed by atoms with Crippen LogP contribution in [0.15, 0.2) is 15.5 Å². The summed E-state index contributed by atoms with van der Waals surface area (Å²) in [5, 5.41) is 0. The summed E-state index contributed by atoms with van der Waals surface area (Å²) in [6, 6.07) is 1.59. The fourth-order valence-electron chi connectivity index (χ4n) is 2.81. The maximum absolute atomic E-state index is 14.5. The summed E-state index contributed by atoms with van der Waals surface area (Å²) in [4.78, 5) is 14.6. The zero-order valence-corrected chi connectivity index (χ0v) is 11.6. The normalized spacial score (nSPS) is 19.3. The van der Waals surface area contributed by atoms with E-state index in [1.807, 2.05) is 0 Å². The van der Waals surface area contributed by atoms with Crippen molar-refractivity contribution < 1.29 is 18.7 Å². The second-order valence-electron chi connectivity index (χ2n) is 4.73. The number of isocyanates is 1. The molecule has 0 N–H and O–H groups in total. The molecule has 0 atom stereocenters. The molecule has 1 aromatic rings. The second-order valence-corrected chi connectivity index (χ2v) is 5.52. The van der Waals surface area contributed by atoms with E-state index in [-0.39, 0.29) is 11.3 Å². The average Bonchev–Trinajstić information content (AvgIpc) is 3.03. The molecule has 6 heteroatoms. The molecule has 4 nitrogen and oxygen atoms in total. The highest BCUT2D eigenvalue weighted by atomic mass is 79.9. The van der Waals surface area contributed by atoms with E-state index < -0.39 is 11.4 Å². The molecule has 1 aliphatic carbocycles. The number of halogens is 2. The standard InChI is InChI=1S/C13H11BrFNO3/c14-10-11(15)8(5-9-12(10)19-7-18-9)13(16-6-17)3-1-2-4-13/h5H,1-4,7H2. The molecule has 19 heavy (non-hydrogen) atoms. The summed E-state index contributed by atoms with van der Waals surface area (Å²) in [6.07, 6.45) is 4.70. The van der Waals surface area contributed by atoms with E-state index in [1.165, 1.54) is 0 Å². The minimum atomic E-state index is -0.810. The largest absolute Gasteiger partial charge is 0.454 e. The van der Waals surface area contributed by atoms with Crippen molar-refractivity contribution in [3.05, 3.63) is 21.9 Å². The van der Waals surface area contributed by atoms with Gasteiger partial charge < -0.3 is 9.47 Å². The predicted octanol–water partition coefficient (Wildman–Crippen LogP) is 3.42. The summed E-state index contributed by atoms with van der Waals surface area (Å²) in [7, 11) is 0. The van der Waals surface area contributed by atoms with Crippen LogP contribution in [-0.2, 0) is 10.3 Å². The lowest BCUT2D eigenvalue weighted by Gasteiger charge is -2.24. The number of rotatable bonds is 2. The number of hydrogen-bond acceptors (Lipinski definition) is 4. The third kappa shape index (κ3) is 1.86. The van der Waals surface area contributed by atoms with Crippen LogP contribution in [0.25, 0.3) is 0 Å². The highest BCUT2D eigenvalue weighted by Gasteiger charge is 2.40. The number of benzene rings is 1. The van der Waals surface area contributed by atoms with Crippen LogP contribution < -0.4 is 9.47 Å². The van der Waals surface area contributed by atoms with Gasteiger partial charge in [-0.1, -0.05) is 12.8 Å². The van der Waals surface area contributed by atoms with Gasteiger partial charge in [-0.3, -0.25) is 0 Å². The molecule has 1 aliphatic heterocycles. The molecule has 0 radical (unpaired) electrons. The van der Waals surface area contributed by atoms with E-state index in [9.17, 15) is 9.18 Å². The molecule has 0 aromatic heterocycles. The third-order valence-corrected chi connectivity index (χ3v) is 4.45. The Hall–Kier alpha value is -1.39. The summed E-state index contributed by atoms with van der Waals surface area (Å²) in [6.45, 7) is 0.0702. The van der Waals surface area contributed by atoms with Crippen molar-refractivity contribution in [2.75, 3.05) is 6.79 Å². The number of fused-ring (bicyclic) bond motifs is 1. The molecule has 0 bridgehead atoms. The van der Waals surface area contributed by atoms with Gasteiger partial charge in [-0.25, -0.2) is 9.18 Å². The monoisotopic (exact) mass is 327 g/mol. The van der Waals surface area contributed by atoms with Crippen molar-refractivity contribution in [2.45, 2.75) is 31.2 Å². The van der Waals surface area contributed by atoms with Gasteiger partial charge in [-0.05, 0) is 34.8 Å². The van der Waals surface area contributed by atoms with Gasteiger partial charge in [-0.15, -0.1) is 0 Å². The molecule has 1 heterocycles. The quantitative estimate of drug-likeness (QED) is 0.617. The number of ether oxygens (including phenoxy) is 2. The van der Waals surface area contributed by atoms with Crippen LogP contribution in [-0.4, -0.2) is 12.9 Å². The molecule has 0 amide bonds. The van der Waals surface area contributed by atoms with E-state index in [0.717, 1.165) is 12.8 Å². The average molecular weight is 328 g/mol. The van der Waals surface area contributed by atoms with Crippen molar-refractivity contribution in [3.63, 3.8) is 0 Å². The fourth-order valence-corrected chi connectivity index (χ4v) is 3.33. The first-order chi connectivity index (χ1) is 9.18. The summed E-state index contributed by atoms with van der Waals surface area (Å²) in [5.41, 5.74) is -0.431. The predicted molar refractivity (Wildman–Crippen MR) is 68.5 cm³/mol. The fraction of sp³-hybridized carbons (Fsp3) is 0.462. The Balaban J connectivity index is 2.19. The maximum atomic E-state index is 14.5. The second kappa shape index (κ2) is 4.62. The van der Waals surface area contributed by atoms with E-state index >= 15 is 0 Å². The Morgan fingerprint density at radius 1 is 1.37 bits per heavy atom. The van der Waals surface area contributed by atoms with Crippen molar-refractivity contribution >= 4 is 22.0 Å². The van der Waals surface area contributed by atoms with Crippen LogP contribution in [0.3, 0.4) is 0 Å². The number of hydrogen-bond donors (Lipinski definition) is 0. The van der Waals surface area contributed by atoms with Crippen molar-refractivity contribution in [3.8, 4) is 11.5 Å². The molecular weight excluding hydrogens is 317 g/mol. The van der Waals surface area contributed by atoms with Gasteiger partial charge in [0, 0.05) is 5.56 Å². The maximum Gasteiger partial charge on any atom is 0.235 e. The Morgan fingerprint density at radius 2 is 2.11 bits per heavy atom. The summed E-state index contributed by atoms with van der Waals surface area (Å²) in [5.74, 6) is 0.408. The molecule has 1 saturated carbocycles. The van der Waals surface area contributed by atoms with Crippen molar-refractivity contribution in [1.29, 1.82) is 0 Å². The Morgan fingerprint density at radius 3 is 2.79 bits per heavy atom. The molecule has 0 saturated heterocycles. The SMILES string of the molecule is O=C=NC1(c2cc3c(c(Br)c2F)OCO3)CCCC1. The van der Waals surface area contributed by atoms with Crippen LogP contribution >= 0.6 is 15.9 Å². The Labute approximate surface area is 117 Å². The van der Waals surface area contributed by atoms with Crippen LogP contribution in [0.5, 0.6) is 11.5 Å². The van der Waals surface area contributed by atoms with Crippen LogP contribution in [0, 0.1) is 5.82 Å². The molecule has 3 rings (SSSR count). The Kier molecular flexibility index (Phi) is 3.07. The topological polar surface area (TPSA) is 47.9 Å². The number of aliphatic imine (C=N–C) groups is 1. The smallest absolute Gasteiger partial charge is 0.235 e. The minimum Gasteiger partial charge on any atom is -0.454 e. The number of nitrogens with zero attached hydrogens (tertiary/aromatic N) is 1. The van der Waals surface area contributed by atoms with Gasteiger partial charge in [0.15, 0.2) is 11.5 Å². The summed E-state index contributed by atoms with van der Waals surface area (Å²) < 4.78 is 25.2. The lowest BCUT2D eigenvalue weighted by atomic mass is 9.88. The van der Waals surface area contributed by atoms with Crippen LogP contribution in [0.4, 0.5) is 4.39 Å². The highest BCUT2D eigenvalue weighted by molar-refractivity contribution is 9.10. The Bertz CT molecular complexity index is 578. The molecule has 0 unspecified atom stereocenters. The van der Waals surface area contributed by atoms with Crippen molar-refractivity contribution in [1.82, 2.24) is 0 Å². The van der Waals surface area contributed by atoms with Gasteiger partial charge >= 0.3 is 0 Å². The zero-order chi connectivity index (χ0) is 13.5. The molecular formula is C13H11BrFNO3. The van der Waals surface area contributed by atoms with Gasteiger partial charge in [0.2, 0.25) is 12.9 Å². The summed E-state index contributed by atoms with van der Waals surface area (Å²) >= 11 is 3.18. The first-order valence-corrected chi connectivity index (χ1v) is 6.84. The van der Waals surface area contributed by atoms with Crippen LogP contribution in [0.2, 0.25) is 0 Å². The minimum absolute atomic E-state index is 0.0702. The molecule has 0 spiro atoms. The molecule has 100 valence electrons. The van der Waals surface area contributed by atoms with Crippen molar-refractivity contribution in [2.24, 2.45) is 4.99 Å². The van der Waals surface area contributed by atoms with E-state index in [0.29, 0.717) is 29.9 Å². The van der Waals surface area contributed by atoms with Gasteiger partial charge in [0.25, 0.3) is 0 Å². The first-order valence-electron chi connectivity index (χ1n) is 6.05. The van der Waals surface area contributed by atoms with E-state index in [1.54, 1.807) is 12.1 Å². The molecule has 1 fully saturated rings. The van der Waals surface area contributed by atoms with Gasteiger partial charge in [0.05, 0.1) is 4.47 Å². The van der Waals surface area contributed by atoms with E-state index in [4.69, 9.17) is 9.47 Å². The third-order valence-electron chi connectivity index (χ3n) is 3.74. The lowest BCUT2D eigenvalue weighted by Crippen LogP contribution is -2.21. The van der Waals surface area contributed by atoms with Crippen LogP contribution in [0.1, 0.15) is 31.2 Å². The highest BCUT2D eigenvalue weighted by Crippen LogP contribution is 2.49. The first kappa shape index (κ1) is 12.6. The van der Waals surface area contributed by atoms with E-state index in [2.05, 4.69) is 20.9 Å². The number of carbonyl (C=O) groups excluding carboxylic acids is 1. The molecule has 2 aliphatic rings.